The van der Waals surface area contributed by atoms with Crippen LogP contribution in [-0.4, -0.2) is 0 Å². The fourth-order valence-corrected chi connectivity index (χ4v) is 1.72. The smallest absolute Gasteiger partial charge is 0.0169 e. The van der Waals surface area contributed by atoms with Gasteiger partial charge in [0.25, 0.3) is 0 Å². The van der Waals surface area contributed by atoms with Crippen LogP contribution in [0.5, 0.6) is 0 Å². The molecular formula is C16H25Cl. The first-order valence-corrected chi connectivity index (χ1v) is 6.60. The molecule has 2 aliphatic rings. The molecule has 2 aliphatic carbocycles. The molecule has 0 heterocycles. The van der Waals surface area contributed by atoms with Crippen molar-refractivity contribution in [1.29, 1.82) is 0 Å². The molecule has 0 fully saturated rings. The normalized spacial score (nSPS) is 18.8. The highest BCUT2D eigenvalue weighted by Crippen LogP contribution is 2.03. The largest absolute Gasteiger partial charge is 0.147 e. The van der Waals surface area contributed by atoms with E-state index in [1.807, 2.05) is 0 Å². The van der Waals surface area contributed by atoms with Gasteiger partial charge >= 0.3 is 0 Å². The predicted molar refractivity (Wildman–Crippen MR) is 80.7 cm³/mol. The van der Waals surface area contributed by atoms with Gasteiger partial charge in [-0.25, -0.2) is 0 Å². The maximum atomic E-state index is 2.27. The van der Waals surface area contributed by atoms with Crippen LogP contribution in [0.1, 0.15) is 51.4 Å². The maximum absolute atomic E-state index is 2.27. The van der Waals surface area contributed by atoms with Crippen molar-refractivity contribution in [2.24, 2.45) is 0 Å². The van der Waals surface area contributed by atoms with Crippen LogP contribution in [0, 0.1) is 0 Å². The highest BCUT2D eigenvalue weighted by Gasteiger charge is 1.83. The standard InChI is InChI=1S/2C8H12.ClH/c2*1-2-4-6-8-7-5-3-1;/h2*1-2,5,7H,3-4,6,8H2;1H. The van der Waals surface area contributed by atoms with Gasteiger partial charge in [-0.15, -0.1) is 12.4 Å². The van der Waals surface area contributed by atoms with E-state index in [4.69, 9.17) is 0 Å². The SMILES string of the molecule is C1=CCCCC=CC1.C1=CCCCC=CC1.Cl. The van der Waals surface area contributed by atoms with Crippen LogP contribution < -0.4 is 0 Å². The second kappa shape index (κ2) is 13.3. The van der Waals surface area contributed by atoms with E-state index >= 15 is 0 Å². The number of hydrogen-bond donors (Lipinski definition) is 0. The molecule has 0 saturated heterocycles. The van der Waals surface area contributed by atoms with E-state index < -0.39 is 0 Å². The Labute approximate surface area is 113 Å². The molecule has 17 heavy (non-hydrogen) atoms. The highest BCUT2D eigenvalue weighted by atomic mass is 35.5. The van der Waals surface area contributed by atoms with Gasteiger partial charge in [0.1, 0.15) is 0 Å². The van der Waals surface area contributed by atoms with E-state index in [2.05, 4.69) is 48.6 Å². The van der Waals surface area contributed by atoms with Gasteiger partial charge in [-0.1, -0.05) is 48.6 Å². The summed E-state index contributed by atoms with van der Waals surface area (Å²) in [7, 11) is 0. The predicted octanol–water partition coefficient (Wildman–Crippen LogP) is 5.77. The summed E-state index contributed by atoms with van der Waals surface area (Å²) < 4.78 is 0. The summed E-state index contributed by atoms with van der Waals surface area (Å²) in [4.78, 5) is 0. The van der Waals surface area contributed by atoms with Crippen LogP contribution >= 0.6 is 12.4 Å². The average Bonchev–Trinajstić information content (AvgIpc) is 2.15. The first kappa shape index (κ1) is 16.2. The molecule has 1 heteroatoms. The van der Waals surface area contributed by atoms with Crippen molar-refractivity contribution < 1.29 is 0 Å². The summed E-state index contributed by atoms with van der Waals surface area (Å²) in [6.45, 7) is 0. The second-order valence-corrected chi connectivity index (χ2v) is 4.22. The Morgan fingerprint density at radius 3 is 1.00 bits per heavy atom. The van der Waals surface area contributed by atoms with Crippen LogP contribution in [0.4, 0.5) is 0 Å². The first-order valence-electron chi connectivity index (χ1n) is 6.60. The minimum atomic E-state index is 0. The van der Waals surface area contributed by atoms with Crippen LogP contribution in [0.3, 0.4) is 0 Å². The Kier molecular flexibility index (Phi) is 12.7. The number of hydrogen-bond acceptors (Lipinski definition) is 0. The third-order valence-electron chi connectivity index (χ3n) is 2.69. The van der Waals surface area contributed by atoms with Crippen molar-refractivity contribution in [3.63, 3.8) is 0 Å². The van der Waals surface area contributed by atoms with Gasteiger partial charge in [0.15, 0.2) is 0 Å². The summed E-state index contributed by atoms with van der Waals surface area (Å²) in [5.74, 6) is 0. The summed E-state index contributed by atoms with van der Waals surface area (Å²) in [6.07, 6.45) is 28.0. The van der Waals surface area contributed by atoms with Crippen LogP contribution in [0.15, 0.2) is 48.6 Å². The van der Waals surface area contributed by atoms with Gasteiger partial charge in [0, 0.05) is 0 Å². The third kappa shape index (κ3) is 11.5. The Bertz CT molecular complexity index is 207. The third-order valence-corrected chi connectivity index (χ3v) is 2.69. The summed E-state index contributed by atoms with van der Waals surface area (Å²) >= 11 is 0. The zero-order chi connectivity index (χ0) is 11.3. The van der Waals surface area contributed by atoms with Crippen molar-refractivity contribution in [2.45, 2.75) is 51.4 Å². The maximum Gasteiger partial charge on any atom is -0.0169 e. The lowest BCUT2D eigenvalue weighted by molar-refractivity contribution is 0.857. The van der Waals surface area contributed by atoms with Gasteiger partial charge in [-0.3, -0.25) is 0 Å². The Hall–Kier alpha value is -0.750. The summed E-state index contributed by atoms with van der Waals surface area (Å²) in [6, 6.07) is 0. The number of rotatable bonds is 0. The van der Waals surface area contributed by atoms with Crippen molar-refractivity contribution in [1.82, 2.24) is 0 Å². The lowest BCUT2D eigenvalue weighted by Crippen LogP contribution is -1.72. The van der Waals surface area contributed by atoms with Crippen molar-refractivity contribution in [3.8, 4) is 0 Å². The quantitative estimate of drug-likeness (QED) is 0.480. The lowest BCUT2D eigenvalue weighted by atomic mass is 10.1. The highest BCUT2D eigenvalue weighted by molar-refractivity contribution is 5.85. The van der Waals surface area contributed by atoms with Gasteiger partial charge in [-0.2, -0.15) is 0 Å². The molecule has 0 unspecified atom stereocenters. The van der Waals surface area contributed by atoms with E-state index in [1.54, 1.807) is 0 Å². The Morgan fingerprint density at radius 2 is 0.706 bits per heavy atom. The number of halogens is 1. The zero-order valence-electron chi connectivity index (χ0n) is 10.7. The van der Waals surface area contributed by atoms with E-state index in [0.717, 1.165) is 12.8 Å². The van der Waals surface area contributed by atoms with Crippen molar-refractivity contribution in [2.75, 3.05) is 0 Å². The fourth-order valence-electron chi connectivity index (χ4n) is 1.72. The van der Waals surface area contributed by atoms with Crippen LogP contribution in [0.25, 0.3) is 0 Å². The summed E-state index contributed by atoms with van der Waals surface area (Å²) in [5, 5.41) is 0. The van der Waals surface area contributed by atoms with Gasteiger partial charge in [-0.05, 0) is 51.4 Å². The molecular weight excluding hydrogens is 228 g/mol. The molecule has 0 aliphatic heterocycles. The topological polar surface area (TPSA) is 0 Å². The molecule has 0 aromatic carbocycles. The molecule has 0 radical (unpaired) electrons. The van der Waals surface area contributed by atoms with Crippen LogP contribution in [-0.2, 0) is 0 Å². The second-order valence-electron chi connectivity index (χ2n) is 4.22. The molecule has 96 valence electrons. The molecule has 0 amide bonds. The number of allylic oxidation sites excluding steroid dienone is 8. The monoisotopic (exact) mass is 252 g/mol. The van der Waals surface area contributed by atoms with E-state index in [9.17, 15) is 0 Å². The molecule has 0 aromatic rings. The van der Waals surface area contributed by atoms with Crippen molar-refractivity contribution >= 4 is 12.4 Å². The zero-order valence-corrected chi connectivity index (χ0v) is 11.5. The molecule has 0 spiro atoms. The Morgan fingerprint density at radius 1 is 0.412 bits per heavy atom. The van der Waals surface area contributed by atoms with Gasteiger partial charge in [0.05, 0.1) is 0 Å². The minimum Gasteiger partial charge on any atom is -0.147 e. The van der Waals surface area contributed by atoms with Crippen molar-refractivity contribution in [3.05, 3.63) is 48.6 Å². The molecule has 0 aromatic heterocycles. The lowest BCUT2D eigenvalue weighted by Gasteiger charge is -1.93. The molecule has 0 atom stereocenters. The Balaban J connectivity index is 0.000000284. The van der Waals surface area contributed by atoms with E-state index in [0.29, 0.717) is 0 Å². The van der Waals surface area contributed by atoms with Gasteiger partial charge in [0.2, 0.25) is 0 Å². The van der Waals surface area contributed by atoms with E-state index in [-0.39, 0.29) is 12.4 Å². The molecule has 0 bridgehead atoms. The van der Waals surface area contributed by atoms with Crippen LogP contribution in [0.2, 0.25) is 0 Å². The van der Waals surface area contributed by atoms with E-state index in [1.165, 1.54) is 38.5 Å². The molecule has 0 N–H and O–H groups in total. The van der Waals surface area contributed by atoms with Gasteiger partial charge < -0.3 is 0 Å². The molecule has 2 rings (SSSR count). The molecule has 0 nitrogen and oxygen atoms in total. The molecule has 0 saturated carbocycles. The first-order chi connectivity index (χ1) is 8.00. The minimum absolute atomic E-state index is 0. The fraction of sp³-hybridized carbons (Fsp3) is 0.500. The summed E-state index contributed by atoms with van der Waals surface area (Å²) in [5.41, 5.74) is 0. The average molecular weight is 253 g/mol.